The van der Waals surface area contributed by atoms with Gasteiger partial charge in [0.15, 0.2) is 0 Å². The number of nitrogens with two attached hydrogens (primary N) is 1. The van der Waals surface area contributed by atoms with E-state index in [4.69, 9.17) is 5.84 Å². The summed E-state index contributed by atoms with van der Waals surface area (Å²) in [6.45, 7) is 6.68. The standard InChI is InChI=1S/C16H24N4/c1-16(2,3)14-8-6-5-7-13(14)15(19-17)9-12-10-18-20(4)11-12/h5-8,10-11,15,19H,9,17H2,1-4H3. The van der Waals surface area contributed by atoms with Crippen LogP contribution in [0, 0.1) is 0 Å². The molecule has 0 amide bonds. The van der Waals surface area contributed by atoms with Crippen LogP contribution in [0.5, 0.6) is 0 Å². The molecule has 0 aliphatic rings. The van der Waals surface area contributed by atoms with Crippen LogP contribution in [0.1, 0.15) is 43.5 Å². The van der Waals surface area contributed by atoms with Crippen LogP contribution in [0.15, 0.2) is 36.7 Å². The molecule has 108 valence electrons. The molecule has 1 heterocycles. The number of rotatable bonds is 4. The zero-order valence-electron chi connectivity index (χ0n) is 12.7. The Morgan fingerprint density at radius 1 is 1.30 bits per heavy atom. The van der Waals surface area contributed by atoms with Crippen molar-refractivity contribution >= 4 is 0 Å². The Balaban J connectivity index is 2.32. The predicted octanol–water partition coefficient (Wildman–Crippen LogP) is 2.46. The van der Waals surface area contributed by atoms with Gasteiger partial charge in [0.1, 0.15) is 0 Å². The highest BCUT2D eigenvalue weighted by molar-refractivity contribution is 5.36. The minimum Gasteiger partial charge on any atom is -0.276 e. The van der Waals surface area contributed by atoms with Gasteiger partial charge in [0, 0.05) is 13.2 Å². The van der Waals surface area contributed by atoms with E-state index in [1.165, 1.54) is 16.7 Å². The fraction of sp³-hybridized carbons (Fsp3) is 0.438. The Kier molecular flexibility index (Phi) is 4.26. The first kappa shape index (κ1) is 14.8. The van der Waals surface area contributed by atoms with Gasteiger partial charge in [0.25, 0.3) is 0 Å². The Labute approximate surface area is 121 Å². The summed E-state index contributed by atoms with van der Waals surface area (Å²) in [6, 6.07) is 8.58. The van der Waals surface area contributed by atoms with E-state index in [1.54, 1.807) is 0 Å². The number of hydrazine groups is 1. The van der Waals surface area contributed by atoms with Crippen LogP contribution >= 0.6 is 0 Å². The van der Waals surface area contributed by atoms with Crippen molar-refractivity contribution in [3.63, 3.8) is 0 Å². The lowest BCUT2D eigenvalue weighted by Gasteiger charge is -2.27. The van der Waals surface area contributed by atoms with Crippen molar-refractivity contribution in [1.29, 1.82) is 0 Å². The average Bonchev–Trinajstić information content (AvgIpc) is 2.80. The molecule has 1 aromatic heterocycles. The molecule has 0 saturated heterocycles. The van der Waals surface area contributed by atoms with E-state index in [9.17, 15) is 0 Å². The average molecular weight is 272 g/mol. The third-order valence-electron chi connectivity index (χ3n) is 3.54. The van der Waals surface area contributed by atoms with Crippen molar-refractivity contribution in [2.24, 2.45) is 12.9 Å². The molecular weight excluding hydrogens is 248 g/mol. The maximum atomic E-state index is 5.79. The van der Waals surface area contributed by atoms with Gasteiger partial charge < -0.3 is 0 Å². The van der Waals surface area contributed by atoms with Crippen LogP contribution in [0.4, 0.5) is 0 Å². The van der Waals surface area contributed by atoms with Crippen LogP contribution in [0.3, 0.4) is 0 Å². The molecule has 3 N–H and O–H groups in total. The van der Waals surface area contributed by atoms with Gasteiger partial charge in [0.05, 0.1) is 12.2 Å². The number of benzene rings is 1. The molecule has 0 radical (unpaired) electrons. The Hall–Kier alpha value is -1.65. The van der Waals surface area contributed by atoms with Gasteiger partial charge in [-0.2, -0.15) is 5.10 Å². The highest BCUT2D eigenvalue weighted by atomic mass is 15.2. The van der Waals surface area contributed by atoms with Gasteiger partial charge in [-0.3, -0.25) is 16.0 Å². The molecule has 4 heteroatoms. The van der Waals surface area contributed by atoms with E-state index >= 15 is 0 Å². The van der Waals surface area contributed by atoms with Gasteiger partial charge in [0.2, 0.25) is 0 Å². The van der Waals surface area contributed by atoms with Crippen molar-refractivity contribution in [2.75, 3.05) is 0 Å². The third-order valence-corrected chi connectivity index (χ3v) is 3.54. The summed E-state index contributed by atoms with van der Waals surface area (Å²) in [7, 11) is 1.93. The molecule has 2 rings (SSSR count). The lowest BCUT2D eigenvalue weighted by Crippen LogP contribution is -2.31. The van der Waals surface area contributed by atoms with Crippen LogP contribution in [0.25, 0.3) is 0 Å². The second kappa shape index (κ2) is 5.77. The van der Waals surface area contributed by atoms with E-state index in [0.29, 0.717) is 0 Å². The molecule has 0 spiro atoms. The molecule has 0 aliphatic carbocycles. The molecule has 0 fully saturated rings. The van der Waals surface area contributed by atoms with Gasteiger partial charge in [-0.25, -0.2) is 0 Å². The number of aryl methyl sites for hydroxylation is 1. The molecule has 2 aromatic rings. The summed E-state index contributed by atoms with van der Waals surface area (Å²) < 4.78 is 1.82. The van der Waals surface area contributed by atoms with Gasteiger partial charge in [-0.15, -0.1) is 0 Å². The number of hydrogen-bond acceptors (Lipinski definition) is 3. The topological polar surface area (TPSA) is 55.9 Å². The zero-order chi connectivity index (χ0) is 14.8. The van der Waals surface area contributed by atoms with E-state index in [2.05, 4.69) is 55.6 Å². The Morgan fingerprint density at radius 2 is 2.00 bits per heavy atom. The van der Waals surface area contributed by atoms with E-state index < -0.39 is 0 Å². The first-order valence-corrected chi connectivity index (χ1v) is 6.95. The first-order chi connectivity index (χ1) is 9.41. The number of aromatic nitrogens is 2. The number of nitrogens with one attached hydrogen (secondary N) is 1. The highest BCUT2D eigenvalue weighted by Crippen LogP contribution is 2.30. The van der Waals surface area contributed by atoms with E-state index in [-0.39, 0.29) is 11.5 Å². The quantitative estimate of drug-likeness (QED) is 0.664. The van der Waals surface area contributed by atoms with Crippen molar-refractivity contribution in [3.8, 4) is 0 Å². The molecule has 0 saturated carbocycles. The van der Waals surface area contributed by atoms with Crippen molar-refractivity contribution in [2.45, 2.75) is 38.6 Å². The third kappa shape index (κ3) is 3.26. The number of nitrogens with zero attached hydrogens (tertiary/aromatic N) is 2. The summed E-state index contributed by atoms with van der Waals surface area (Å²) in [4.78, 5) is 0. The maximum absolute atomic E-state index is 5.79. The van der Waals surface area contributed by atoms with E-state index in [0.717, 1.165) is 6.42 Å². The highest BCUT2D eigenvalue weighted by Gasteiger charge is 2.22. The summed E-state index contributed by atoms with van der Waals surface area (Å²) in [5.74, 6) is 5.79. The lowest BCUT2D eigenvalue weighted by atomic mass is 9.81. The van der Waals surface area contributed by atoms with Gasteiger partial charge in [-0.05, 0) is 28.5 Å². The molecule has 4 nitrogen and oxygen atoms in total. The second-order valence-electron chi connectivity index (χ2n) is 6.28. The minimum atomic E-state index is 0.0922. The number of hydrogen-bond donors (Lipinski definition) is 2. The van der Waals surface area contributed by atoms with Crippen LogP contribution in [0.2, 0.25) is 0 Å². The summed E-state index contributed by atoms with van der Waals surface area (Å²) >= 11 is 0. The normalized spacial score (nSPS) is 13.4. The van der Waals surface area contributed by atoms with Crippen molar-refractivity contribution in [3.05, 3.63) is 53.3 Å². The van der Waals surface area contributed by atoms with E-state index in [1.807, 2.05) is 24.1 Å². The smallest absolute Gasteiger partial charge is 0.0522 e. The first-order valence-electron chi connectivity index (χ1n) is 6.95. The lowest BCUT2D eigenvalue weighted by molar-refractivity contribution is 0.518. The zero-order valence-corrected chi connectivity index (χ0v) is 12.7. The minimum absolute atomic E-state index is 0.0922. The second-order valence-corrected chi connectivity index (χ2v) is 6.28. The van der Waals surface area contributed by atoms with Gasteiger partial charge in [-0.1, -0.05) is 45.0 Å². The molecule has 1 aromatic carbocycles. The van der Waals surface area contributed by atoms with Crippen LogP contribution in [-0.2, 0) is 18.9 Å². The summed E-state index contributed by atoms with van der Waals surface area (Å²) in [5.41, 5.74) is 6.81. The largest absolute Gasteiger partial charge is 0.276 e. The molecular formula is C16H24N4. The molecule has 0 aliphatic heterocycles. The maximum Gasteiger partial charge on any atom is 0.0522 e. The predicted molar refractivity (Wildman–Crippen MR) is 82.1 cm³/mol. The fourth-order valence-electron chi connectivity index (χ4n) is 2.56. The molecule has 1 unspecified atom stereocenters. The van der Waals surface area contributed by atoms with Crippen molar-refractivity contribution in [1.82, 2.24) is 15.2 Å². The summed E-state index contributed by atoms with van der Waals surface area (Å²) in [5, 5.41) is 4.22. The monoisotopic (exact) mass is 272 g/mol. The van der Waals surface area contributed by atoms with Gasteiger partial charge >= 0.3 is 0 Å². The Morgan fingerprint density at radius 3 is 2.55 bits per heavy atom. The molecule has 1 atom stereocenters. The van der Waals surface area contributed by atoms with Crippen LogP contribution < -0.4 is 11.3 Å². The van der Waals surface area contributed by atoms with Crippen LogP contribution in [-0.4, -0.2) is 9.78 Å². The molecule has 20 heavy (non-hydrogen) atoms. The molecule has 0 bridgehead atoms. The SMILES string of the molecule is Cn1cc(CC(NN)c2ccccc2C(C)(C)C)cn1. The summed E-state index contributed by atoms with van der Waals surface area (Å²) in [6.07, 6.45) is 4.76. The fourth-order valence-corrected chi connectivity index (χ4v) is 2.56. The van der Waals surface area contributed by atoms with Crippen molar-refractivity contribution < 1.29 is 0 Å². The Bertz CT molecular complexity index is 566.